The van der Waals surface area contributed by atoms with Crippen LogP contribution in [0.1, 0.15) is 33.6 Å². The summed E-state index contributed by atoms with van der Waals surface area (Å²) in [5.41, 5.74) is -1.35. The Morgan fingerprint density at radius 2 is 2.11 bits per heavy atom. The standard InChI is InChI=1S/C13H20N2O3/c1-12(2)9(8-16)4-6-13(12,3)15-7-5-10(17)14-11(15)18/h5,7,9,16H,4,6,8H2,1-3H3,(H,14,17,18)/t9-,13-/m1/s1. The highest BCUT2D eigenvalue weighted by Gasteiger charge is 2.52. The van der Waals surface area contributed by atoms with Gasteiger partial charge >= 0.3 is 5.69 Å². The molecule has 0 saturated heterocycles. The molecule has 2 rings (SSSR count). The Morgan fingerprint density at radius 1 is 1.44 bits per heavy atom. The molecule has 0 unspecified atom stereocenters. The van der Waals surface area contributed by atoms with Crippen molar-refractivity contribution >= 4 is 0 Å². The lowest BCUT2D eigenvalue weighted by Gasteiger charge is -2.42. The Balaban J connectivity index is 2.56. The molecule has 0 aromatic carbocycles. The number of hydrogen-bond donors (Lipinski definition) is 2. The summed E-state index contributed by atoms with van der Waals surface area (Å²) in [5, 5.41) is 9.45. The molecule has 18 heavy (non-hydrogen) atoms. The van der Waals surface area contributed by atoms with Crippen LogP contribution in [-0.2, 0) is 5.54 Å². The molecule has 5 nitrogen and oxygen atoms in total. The number of H-pyrrole nitrogens is 1. The number of nitrogens with one attached hydrogen (secondary N) is 1. The molecular weight excluding hydrogens is 232 g/mol. The molecule has 2 atom stereocenters. The molecular formula is C13H20N2O3. The van der Waals surface area contributed by atoms with Crippen molar-refractivity contribution in [1.29, 1.82) is 0 Å². The lowest BCUT2D eigenvalue weighted by atomic mass is 9.71. The maximum atomic E-state index is 12.0. The summed E-state index contributed by atoms with van der Waals surface area (Å²) in [7, 11) is 0. The predicted octanol–water partition coefficient (Wildman–Crippen LogP) is 0.680. The average molecular weight is 252 g/mol. The van der Waals surface area contributed by atoms with Crippen LogP contribution in [0.4, 0.5) is 0 Å². The molecule has 0 amide bonds. The summed E-state index contributed by atoms with van der Waals surface area (Å²) < 4.78 is 1.60. The van der Waals surface area contributed by atoms with E-state index in [-0.39, 0.29) is 34.7 Å². The third-order valence-electron chi connectivity index (χ3n) is 4.96. The van der Waals surface area contributed by atoms with E-state index in [9.17, 15) is 14.7 Å². The largest absolute Gasteiger partial charge is 0.396 e. The summed E-state index contributed by atoms with van der Waals surface area (Å²) in [6.45, 7) is 6.28. The lowest BCUT2D eigenvalue weighted by Crippen LogP contribution is -2.49. The van der Waals surface area contributed by atoms with Gasteiger partial charge in [-0.3, -0.25) is 14.3 Å². The van der Waals surface area contributed by atoms with Gasteiger partial charge in [-0.05, 0) is 31.1 Å². The maximum Gasteiger partial charge on any atom is 0.328 e. The summed E-state index contributed by atoms with van der Waals surface area (Å²) >= 11 is 0. The van der Waals surface area contributed by atoms with Gasteiger partial charge in [-0.25, -0.2) is 4.79 Å². The number of aromatic amines is 1. The smallest absolute Gasteiger partial charge is 0.328 e. The predicted molar refractivity (Wildman–Crippen MR) is 68.6 cm³/mol. The van der Waals surface area contributed by atoms with E-state index >= 15 is 0 Å². The second kappa shape index (κ2) is 4.09. The van der Waals surface area contributed by atoms with Gasteiger partial charge in [0.2, 0.25) is 0 Å². The first kappa shape index (κ1) is 13.1. The number of aliphatic hydroxyl groups is 1. The van der Waals surface area contributed by atoms with Crippen molar-refractivity contribution < 1.29 is 5.11 Å². The minimum Gasteiger partial charge on any atom is -0.396 e. The van der Waals surface area contributed by atoms with Crippen LogP contribution in [0.25, 0.3) is 0 Å². The second-order valence-corrected chi connectivity index (χ2v) is 5.89. The van der Waals surface area contributed by atoms with Gasteiger partial charge in [0, 0.05) is 18.9 Å². The van der Waals surface area contributed by atoms with Gasteiger partial charge in [0.15, 0.2) is 0 Å². The molecule has 2 N–H and O–H groups in total. The van der Waals surface area contributed by atoms with E-state index in [0.717, 1.165) is 12.8 Å². The van der Waals surface area contributed by atoms with E-state index in [1.807, 2.05) is 6.92 Å². The first-order chi connectivity index (χ1) is 8.33. The fourth-order valence-corrected chi connectivity index (χ4v) is 3.13. The van der Waals surface area contributed by atoms with Crippen molar-refractivity contribution in [1.82, 2.24) is 9.55 Å². The van der Waals surface area contributed by atoms with Gasteiger partial charge in [0.1, 0.15) is 0 Å². The summed E-state index contributed by atoms with van der Waals surface area (Å²) in [5.74, 6) is 0.168. The Labute approximate surface area is 105 Å². The molecule has 1 aromatic heterocycles. The SMILES string of the molecule is CC1(C)[C@@H](CO)CC[C@@]1(C)n1ccc(=O)[nH]c1=O. The lowest BCUT2D eigenvalue weighted by molar-refractivity contribution is 0.0594. The van der Waals surface area contributed by atoms with Crippen LogP contribution in [0.5, 0.6) is 0 Å². The van der Waals surface area contributed by atoms with Gasteiger partial charge in [-0.15, -0.1) is 0 Å². The molecule has 1 aliphatic carbocycles. The Hall–Kier alpha value is -1.36. The maximum absolute atomic E-state index is 12.0. The second-order valence-electron chi connectivity index (χ2n) is 5.89. The Kier molecular flexibility index (Phi) is 2.97. The average Bonchev–Trinajstić information content (AvgIpc) is 2.50. The van der Waals surface area contributed by atoms with Crippen LogP contribution in [0.3, 0.4) is 0 Å². The molecule has 0 bridgehead atoms. The Bertz CT molecular complexity index is 558. The van der Waals surface area contributed by atoms with Crippen molar-refractivity contribution in [2.24, 2.45) is 11.3 Å². The van der Waals surface area contributed by atoms with Gasteiger partial charge < -0.3 is 5.11 Å². The molecule has 1 saturated carbocycles. The summed E-state index contributed by atoms with van der Waals surface area (Å²) in [4.78, 5) is 25.4. The molecule has 1 aliphatic rings. The highest BCUT2D eigenvalue weighted by atomic mass is 16.3. The number of aliphatic hydroxyl groups excluding tert-OH is 1. The third kappa shape index (κ3) is 1.65. The minimum atomic E-state index is -0.387. The molecule has 1 aromatic rings. The fraction of sp³-hybridized carbons (Fsp3) is 0.692. The van der Waals surface area contributed by atoms with Crippen LogP contribution in [0, 0.1) is 11.3 Å². The van der Waals surface area contributed by atoms with Crippen LogP contribution in [0.2, 0.25) is 0 Å². The third-order valence-corrected chi connectivity index (χ3v) is 4.96. The molecule has 0 aliphatic heterocycles. The molecule has 1 fully saturated rings. The van der Waals surface area contributed by atoms with Crippen LogP contribution >= 0.6 is 0 Å². The van der Waals surface area contributed by atoms with E-state index in [1.165, 1.54) is 6.07 Å². The van der Waals surface area contributed by atoms with Crippen LogP contribution < -0.4 is 11.2 Å². The topological polar surface area (TPSA) is 75.1 Å². The van der Waals surface area contributed by atoms with E-state index in [4.69, 9.17) is 0 Å². The first-order valence-electron chi connectivity index (χ1n) is 6.26. The normalized spacial score (nSPS) is 30.6. The number of nitrogens with zero attached hydrogens (tertiary/aromatic N) is 1. The number of rotatable bonds is 2. The van der Waals surface area contributed by atoms with Gasteiger partial charge in [0.25, 0.3) is 5.56 Å². The zero-order chi connectivity index (χ0) is 13.6. The summed E-state index contributed by atoms with van der Waals surface area (Å²) in [6, 6.07) is 1.37. The summed E-state index contributed by atoms with van der Waals surface area (Å²) in [6.07, 6.45) is 3.26. The number of hydrogen-bond acceptors (Lipinski definition) is 3. The highest BCUT2D eigenvalue weighted by Crippen LogP contribution is 2.53. The van der Waals surface area contributed by atoms with Gasteiger partial charge in [0.05, 0.1) is 5.54 Å². The number of aromatic nitrogens is 2. The van der Waals surface area contributed by atoms with Crippen molar-refractivity contribution in [2.45, 2.75) is 39.2 Å². The Morgan fingerprint density at radius 3 is 2.61 bits per heavy atom. The van der Waals surface area contributed by atoms with E-state index in [2.05, 4.69) is 18.8 Å². The molecule has 100 valence electrons. The van der Waals surface area contributed by atoms with Crippen LogP contribution in [0.15, 0.2) is 21.9 Å². The fourth-order valence-electron chi connectivity index (χ4n) is 3.13. The zero-order valence-corrected chi connectivity index (χ0v) is 11.1. The molecule has 0 spiro atoms. The van der Waals surface area contributed by atoms with Crippen molar-refractivity contribution in [3.05, 3.63) is 33.1 Å². The van der Waals surface area contributed by atoms with Crippen molar-refractivity contribution in [3.63, 3.8) is 0 Å². The monoisotopic (exact) mass is 252 g/mol. The van der Waals surface area contributed by atoms with Crippen molar-refractivity contribution in [2.75, 3.05) is 6.61 Å². The quantitative estimate of drug-likeness (QED) is 0.812. The molecule has 0 radical (unpaired) electrons. The first-order valence-corrected chi connectivity index (χ1v) is 6.26. The van der Waals surface area contributed by atoms with E-state index < -0.39 is 0 Å². The van der Waals surface area contributed by atoms with Gasteiger partial charge in [-0.2, -0.15) is 0 Å². The van der Waals surface area contributed by atoms with Crippen LogP contribution in [-0.4, -0.2) is 21.3 Å². The zero-order valence-electron chi connectivity index (χ0n) is 11.1. The molecule has 5 heteroatoms. The minimum absolute atomic E-state index is 0.126. The highest BCUT2D eigenvalue weighted by molar-refractivity contribution is 5.06. The van der Waals surface area contributed by atoms with E-state index in [0.29, 0.717) is 0 Å². The molecule has 1 heterocycles. The van der Waals surface area contributed by atoms with Gasteiger partial charge in [-0.1, -0.05) is 13.8 Å². The van der Waals surface area contributed by atoms with E-state index in [1.54, 1.807) is 10.8 Å². The van der Waals surface area contributed by atoms with Crippen molar-refractivity contribution in [3.8, 4) is 0 Å².